The molecular weight excluding hydrogens is 541 g/mol. The molecule has 4 N–H and O–H groups in total. The highest BCUT2D eigenvalue weighted by molar-refractivity contribution is 7.14. The highest BCUT2D eigenvalue weighted by atomic mass is 32.1. The Morgan fingerprint density at radius 1 is 0.750 bits per heavy atom. The van der Waals surface area contributed by atoms with Gasteiger partial charge < -0.3 is 11.5 Å². The van der Waals surface area contributed by atoms with E-state index in [0.717, 1.165) is 47.1 Å². The number of primary amides is 2. The maximum atomic E-state index is 11.9. The number of carbonyl (C=O) groups is 2. The standard InChI is InChI=1S/C30H32N6O2S2/c1-15-17(7-5-9-19(15)23-25-21(11-13-35(23)3)33-29(39-25)27(31)37)18-8-6-10-20(16(18)2)24-26-22(12-14-36(24)4)34-30(40-26)28(32)38/h5-10,23-24H,11-14H2,1-4H3,(H2,31,37)(H2,32,38). The predicted octanol–water partition coefficient (Wildman–Crippen LogP) is 4.24. The van der Waals surface area contributed by atoms with Gasteiger partial charge in [0, 0.05) is 25.9 Å². The molecule has 10 heteroatoms. The Labute approximate surface area is 241 Å². The molecule has 2 unspecified atom stereocenters. The lowest BCUT2D eigenvalue weighted by Crippen LogP contribution is -2.32. The minimum atomic E-state index is -0.474. The van der Waals surface area contributed by atoms with Gasteiger partial charge in [-0.3, -0.25) is 19.4 Å². The van der Waals surface area contributed by atoms with Crippen molar-refractivity contribution in [2.45, 2.75) is 38.8 Å². The van der Waals surface area contributed by atoms with Crippen molar-refractivity contribution in [2.24, 2.45) is 11.5 Å². The number of likely N-dealkylation sites (N-methyl/N-ethyl adjacent to an activating group) is 2. The molecule has 40 heavy (non-hydrogen) atoms. The first-order valence-electron chi connectivity index (χ1n) is 13.3. The number of fused-ring (bicyclic) bond motifs is 2. The molecule has 0 saturated carbocycles. The first-order valence-corrected chi connectivity index (χ1v) is 15.0. The quantitative estimate of drug-likeness (QED) is 0.369. The summed E-state index contributed by atoms with van der Waals surface area (Å²) < 4.78 is 0. The van der Waals surface area contributed by atoms with Gasteiger partial charge in [-0.25, -0.2) is 9.97 Å². The molecule has 2 atom stereocenters. The van der Waals surface area contributed by atoms with Crippen molar-refractivity contribution < 1.29 is 9.59 Å². The summed E-state index contributed by atoms with van der Waals surface area (Å²) in [5.41, 5.74) is 20.3. The van der Waals surface area contributed by atoms with Crippen molar-refractivity contribution in [1.82, 2.24) is 19.8 Å². The Balaban J connectivity index is 1.45. The molecule has 4 heterocycles. The van der Waals surface area contributed by atoms with E-state index in [4.69, 9.17) is 11.5 Å². The zero-order valence-corrected chi connectivity index (χ0v) is 24.7. The van der Waals surface area contributed by atoms with Gasteiger partial charge in [0.2, 0.25) is 0 Å². The third-order valence-electron chi connectivity index (χ3n) is 8.29. The van der Waals surface area contributed by atoms with Gasteiger partial charge in [0.25, 0.3) is 11.8 Å². The van der Waals surface area contributed by atoms with Gasteiger partial charge >= 0.3 is 0 Å². The lowest BCUT2D eigenvalue weighted by molar-refractivity contribution is 0.0991. The van der Waals surface area contributed by atoms with E-state index in [-0.39, 0.29) is 12.1 Å². The summed E-state index contributed by atoms with van der Waals surface area (Å²) in [6.45, 7) is 6.08. The fourth-order valence-corrected chi connectivity index (χ4v) is 8.48. The molecule has 2 aliphatic heterocycles. The van der Waals surface area contributed by atoms with E-state index in [1.165, 1.54) is 56.1 Å². The average Bonchev–Trinajstić information content (AvgIpc) is 3.55. The highest BCUT2D eigenvalue weighted by Gasteiger charge is 2.34. The summed E-state index contributed by atoms with van der Waals surface area (Å²) >= 11 is 2.82. The lowest BCUT2D eigenvalue weighted by atomic mass is 9.85. The zero-order valence-electron chi connectivity index (χ0n) is 23.0. The van der Waals surface area contributed by atoms with Crippen LogP contribution in [0.2, 0.25) is 0 Å². The minimum absolute atomic E-state index is 0.00855. The van der Waals surface area contributed by atoms with Gasteiger partial charge in [-0.2, -0.15) is 0 Å². The second kappa shape index (κ2) is 10.2. The van der Waals surface area contributed by atoms with Crippen LogP contribution in [0.15, 0.2) is 36.4 Å². The predicted molar refractivity (Wildman–Crippen MR) is 159 cm³/mol. The van der Waals surface area contributed by atoms with Crippen molar-refractivity contribution in [1.29, 1.82) is 0 Å². The number of carbonyl (C=O) groups excluding carboxylic acids is 2. The van der Waals surface area contributed by atoms with Crippen LogP contribution in [0.1, 0.15) is 75.1 Å². The summed E-state index contributed by atoms with van der Waals surface area (Å²) in [5, 5.41) is 0.752. The van der Waals surface area contributed by atoms with Crippen LogP contribution >= 0.6 is 22.7 Å². The Kier molecular flexibility index (Phi) is 6.82. The van der Waals surface area contributed by atoms with E-state index in [1.54, 1.807) is 0 Å². The van der Waals surface area contributed by atoms with E-state index >= 15 is 0 Å². The van der Waals surface area contributed by atoms with Crippen molar-refractivity contribution in [3.05, 3.63) is 89.8 Å². The SMILES string of the molecule is Cc1c(-c2cccc(C3c4sc(C(N)=O)nc4CCN3C)c2C)cccc1C1c2sc(C(N)=O)nc2CCN1C. The molecule has 2 aromatic carbocycles. The fraction of sp³-hybridized carbons (Fsp3) is 0.333. The van der Waals surface area contributed by atoms with E-state index < -0.39 is 11.8 Å². The second-order valence-electron chi connectivity index (χ2n) is 10.7. The maximum Gasteiger partial charge on any atom is 0.277 e. The molecule has 206 valence electrons. The first kappa shape index (κ1) is 26.8. The molecular formula is C30H32N6O2S2. The zero-order chi connectivity index (χ0) is 28.3. The second-order valence-corrected chi connectivity index (χ2v) is 12.8. The fourth-order valence-electron chi connectivity index (χ4n) is 6.19. The van der Waals surface area contributed by atoms with Crippen molar-refractivity contribution in [2.75, 3.05) is 27.2 Å². The number of hydrogen-bond donors (Lipinski definition) is 2. The lowest BCUT2D eigenvalue weighted by Gasteiger charge is -2.34. The van der Waals surface area contributed by atoms with Crippen LogP contribution in [-0.4, -0.2) is 58.8 Å². The molecule has 0 bridgehead atoms. The Bertz CT molecular complexity index is 1540. The Hall–Kier alpha value is -3.44. The number of nitrogens with zero attached hydrogens (tertiary/aromatic N) is 4. The van der Waals surface area contributed by atoms with E-state index in [9.17, 15) is 9.59 Å². The summed E-state index contributed by atoms with van der Waals surface area (Å²) in [4.78, 5) is 39.8. The summed E-state index contributed by atoms with van der Waals surface area (Å²) in [6.07, 6.45) is 1.61. The van der Waals surface area contributed by atoms with Crippen LogP contribution < -0.4 is 11.5 Å². The van der Waals surface area contributed by atoms with E-state index in [2.05, 4.69) is 84.1 Å². The van der Waals surface area contributed by atoms with E-state index in [1.807, 2.05) is 0 Å². The largest absolute Gasteiger partial charge is 0.364 e. The molecule has 8 nitrogen and oxygen atoms in total. The number of benzene rings is 2. The summed E-state index contributed by atoms with van der Waals surface area (Å²) in [5.74, 6) is -0.947. The van der Waals surface area contributed by atoms with Crippen molar-refractivity contribution >= 4 is 34.5 Å². The molecule has 4 aromatic rings. The Morgan fingerprint density at radius 2 is 1.15 bits per heavy atom. The smallest absolute Gasteiger partial charge is 0.277 e. The van der Waals surface area contributed by atoms with Crippen molar-refractivity contribution in [3.63, 3.8) is 0 Å². The summed E-state index contributed by atoms with van der Waals surface area (Å²) in [7, 11) is 4.25. The van der Waals surface area contributed by atoms with Crippen LogP contribution in [0, 0.1) is 13.8 Å². The molecule has 0 saturated heterocycles. The molecule has 0 fully saturated rings. The third-order valence-corrected chi connectivity index (χ3v) is 10.6. The molecule has 0 radical (unpaired) electrons. The topological polar surface area (TPSA) is 118 Å². The molecule has 2 aromatic heterocycles. The van der Waals surface area contributed by atoms with Crippen molar-refractivity contribution in [3.8, 4) is 11.1 Å². The molecule has 2 amide bonds. The van der Waals surface area contributed by atoms with Gasteiger partial charge in [-0.1, -0.05) is 36.4 Å². The molecule has 6 rings (SSSR count). The van der Waals surface area contributed by atoms with E-state index in [0.29, 0.717) is 10.0 Å². The normalized spacial score (nSPS) is 19.3. The van der Waals surface area contributed by atoms with Crippen LogP contribution in [0.5, 0.6) is 0 Å². The monoisotopic (exact) mass is 572 g/mol. The third kappa shape index (κ3) is 4.35. The summed E-state index contributed by atoms with van der Waals surface area (Å²) in [6, 6.07) is 13.0. The first-order chi connectivity index (χ1) is 19.2. The number of nitrogens with two attached hydrogens (primary N) is 2. The number of aromatic nitrogens is 2. The number of rotatable bonds is 5. The highest BCUT2D eigenvalue weighted by Crippen LogP contribution is 2.44. The van der Waals surface area contributed by atoms with Gasteiger partial charge in [0.1, 0.15) is 0 Å². The van der Waals surface area contributed by atoms with Crippen LogP contribution in [0.4, 0.5) is 0 Å². The number of hydrogen-bond acceptors (Lipinski definition) is 8. The average molecular weight is 573 g/mol. The van der Waals surface area contributed by atoms with Gasteiger partial charge in [0.05, 0.1) is 33.2 Å². The number of amides is 2. The van der Waals surface area contributed by atoms with Crippen LogP contribution in [-0.2, 0) is 12.8 Å². The Morgan fingerprint density at radius 3 is 1.52 bits per heavy atom. The van der Waals surface area contributed by atoms with Crippen LogP contribution in [0.3, 0.4) is 0 Å². The van der Waals surface area contributed by atoms with Crippen LogP contribution in [0.25, 0.3) is 11.1 Å². The minimum Gasteiger partial charge on any atom is -0.364 e. The van der Waals surface area contributed by atoms with Gasteiger partial charge in [-0.15, -0.1) is 22.7 Å². The maximum absolute atomic E-state index is 11.9. The number of thiazole rings is 2. The van der Waals surface area contributed by atoms with Gasteiger partial charge in [-0.05, 0) is 61.3 Å². The molecule has 0 spiro atoms. The molecule has 2 aliphatic rings. The van der Waals surface area contributed by atoms with Gasteiger partial charge in [0.15, 0.2) is 10.0 Å². The molecule has 0 aliphatic carbocycles.